The lowest BCUT2D eigenvalue weighted by atomic mass is 10.2. The Labute approximate surface area is 158 Å². The number of aryl methyl sites for hydroxylation is 1. The van der Waals surface area contributed by atoms with E-state index in [1.807, 2.05) is 24.3 Å². The first-order valence-electron chi connectivity index (χ1n) is 8.57. The van der Waals surface area contributed by atoms with Crippen molar-refractivity contribution in [2.45, 2.75) is 13.5 Å². The number of nitrogen functional groups attached to an aromatic ring is 1. The van der Waals surface area contributed by atoms with E-state index in [1.165, 1.54) is 5.56 Å². The minimum Gasteiger partial charge on any atom is -0.489 e. The molecule has 0 aliphatic carbocycles. The Morgan fingerprint density at radius 2 is 1.67 bits per heavy atom. The van der Waals surface area contributed by atoms with Crippen molar-refractivity contribution in [1.29, 1.82) is 0 Å². The summed E-state index contributed by atoms with van der Waals surface area (Å²) in [4.78, 5) is 12.0. The predicted molar refractivity (Wildman–Crippen MR) is 108 cm³/mol. The molecule has 1 amide bonds. The highest BCUT2D eigenvalue weighted by Crippen LogP contribution is 2.14. The van der Waals surface area contributed by atoms with Gasteiger partial charge in [0.25, 0.3) is 5.91 Å². The second kappa shape index (κ2) is 8.67. The van der Waals surface area contributed by atoms with Gasteiger partial charge in [-0.25, -0.2) is 5.43 Å². The molecule has 0 spiro atoms. The summed E-state index contributed by atoms with van der Waals surface area (Å²) < 4.78 is 5.77. The van der Waals surface area contributed by atoms with Crippen molar-refractivity contribution >= 4 is 17.8 Å². The van der Waals surface area contributed by atoms with Gasteiger partial charge in [0, 0.05) is 11.3 Å². The Hall–Kier alpha value is -3.60. The van der Waals surface area contributed by atoms with Crippen molar-refractivity contribution in [2.24, 2.45) is 5.10 Å². The van der Waals surface area contributed by atoms with Crippen molar-refractivity contribution in [3.8, 4) is 5.75 Å². The molecule has 0 aromatic heterocycles. The first kappa shape index (κ1) is 18.2. The molecule has 0 saturated heterocycles. The lowest BCUT2D eigenvalue weighted by molar-refractivity contribution is 0.0955. The lowest BCUT2D eigenvalue weighted by Gasteiger charge is -2.07. The summed E-state index contributed by atoms with van der Waals surface area (Å²) >= 11 is 0. The van der Waals surface area contributed by atoms with Crippen LogP contribution in [0.4, 0.5) is 5.69 Å². The summed E-state index contributed by atoms with van der Waals surface area (Å²) in [5.41, 5.74) is 12.4. The van der Waals surface area contributed by atoms with Crippen LogP contribution in [-0.4, -0.2) is 12.1 Å². The zero-order valence-corrected chi connectivity index (χ0v) is 15.1. The van der Waals surface area contributed by atoms with Crippen LogP contribution in [0.3, 0.4) is 0 Å². The topological polar surface area (TPSA) is 76.7 Å². The van der Waals surface area contributed by atoms with Gasteiger partial charge < -0.3 is 10.5 Å². The number of carbonyl (C=O) groups is 1. The lowest BCUT2D eigenvalue weighted by Crippen LogP contribution is -2.17. The Bertz CT molecular complexity index is 915. The SMILES string of the molecule is Cc1ccc(COc2ccc(C=NNC(=O)c3ccc(N)cc3)cc2)cc1. The van der Waals surface area contributed by atoms with E-state index in [-0.39, 0.29) is 5.91 Å². The van der Waals surface area contributed by atoms with Gasteiger partial charge in [-0.05, 0) is 66.6 Å². The van der Waals surface area contributed by atoms with Crippen molar-refractivity contribution in [3.63, 3.8) is 0 Å². The normalized spacial score (nSPS) is 10.7. The van der Waals surface area contributed by atoms with Crippen LogP contribution in [0.25, 0.3) is 0 Å². The average Bonchev–Trinajstić information content (AvgIpc) is 2.69. The van der Waals surface area contributed by atoms with Crippen LogP contribution in [0.2, 0.25) is 0 Å². The second-order valence-corrected chi connectivity index (χ2v) is 6.16. The quantitative estimate of drug-likeness (QED) is 0.398. The Morgan fingerprint density at radius 1 is 1.00 bits per heavy atom. The van der Waals surface area contributed by atoms with Crippen LogP contribution in [0.5, 0.6) is 5.75 Å². The molecular weight excluding hydrogens is 338 g/mol. The number of benzene rings is 3. The summed E-state index contributed by atoms with van der Waals surface area (Å²) in [6, 6.07) is 22.4. The molecule has 0 heterocycles. The highest BCUT2D eigenvalue weighted by Gasteiger charge is 2.03. The van der Waals surface area contributed by atoms with Crippen LogP contribution >= 0.6 is 0 Å². The molecule has 0 fully saturated rings. The molecule has 3 aromatic rings. The second-order valence-electron chi connectivity index (χ2n) is 6.16. The summed E-state index contributed by atoms with van der Waals surface area (Å²) in [7, 11) is 0. The molecule has 3 aromatic carbocycles. The maximum atomic E-state index is 12.0. The third kappa shape index (κ3) is 5.44. The van der Waals surface area contributed by atoms with E-state index in [0.717, 1.165) is 16.9 Å². The van der Waals surface area contributed by atoms with Crippen molar-refractivity contribution in [2.75, 3.05) is 5.73 Å². The number of carbonyl (C=O) groups excluding carboxylic acids is 1. The number of nitrogens with two attached hydrogens (primary N) is 1. The molecule has 3 rings (SSSR count). The minimum absolute atomic E-state index is 0.288. The van der Waals surface area contributed by atoms with E-state index in [0.29, 0.717) is 17.9 Å². The third-order valence-electron chi connectivity index (χ3n) is 3.96. The maximum absolute atomic E-state index is 12.0. The van der Waals surface area contributed by atoms with E-state index in [4.69, 9.17) is 10.5 Å². The molecule has 0 bridgehead atoms. The largest absolute Gasteiger partial charge is 0.489 e. The first-order chi connectivity index (χ1) is 13.1. The molecule has 0 aliphatic heterocycles. The Morgan fingerprint density at radius 3 is 2.33 bits per heavy atom. The summed E-state index contributed by atoms with van der Waals surface area (Å²) in [6.07, 6.45) is 1.58. The minimum atomic E-state index is -0.288. The molecule has 3 N–H and O–H groups in total. The summed E-state index contributed by atoms with van der Waals surface area (Å²) in [5.74, 6) is 0.489. The van der Waals surface area contributed by atoms with Gasteiger partial charge in [0.15, 0.2) is 0 Å². The predicted octanol–water partition coefficient (Wildman–Crippen LogP) is 3.92. The van der Waals surface area contributed by atoms with Crippen LogP contribution in [-0.2, 0) is 6.61 Å². The molecule has 5 nitrogen and oxygen atoms in total. The maximum Gasteiger partial charge on any atom is 0.271 e. The Kier molecular flexibility index (Phi) is 5.84. The van der Waals surface area contributed by atoms with Gasteiger partial charge in [0.05, 0.1) is 6.21 Å². The molecule has 0 unspecified atom stereocenters. The zero-order valence-electron chi connectivity index (χ0n) is 15.1. The van der Waals surface area contributed by atoms with Crippen LogP contribution in [0, 0.1) is 6.92 Å². The number of nitrogens with one attached hydrogen (secondary N) is 1. The molecule has 5 heteroatoms. The fraction of sp³-hybridized carbons (Fsp3) is 0.0909. The van der Waals surface area contributed by atoms with Gasteiger partial charge in [0.2, 0.25) is 0 Å². The standard InChI is InChI=1S/C22H21N3O2/c1-16-2-4-18(5-3-16)15-27-21-12-6-17(7-13-21)14-24-25-22(26)19-8-10-20(23)11-9-19/h2-14H,15,23H2,1H3,(H,25,26). The van der Waals surface area contributed by atoms with Crippen LogP contribution in [0.15, 0.2) is 77.9 Å². The van der Waals surface area contributed by atoms with E-state index in [9.17, 15) is 4.79 Å². The smallest absolute Gasteiger partial charge is 0.271 e. The number of hydrazone groups is 1. The highest BCUT2D eigenvalue weighted by molar-refractivity contribution is 5.95. The molecular formula is C22H21N3O2. The molecule has 0 atom stereocenters. The molecule has 0 radical (unpaired) electrons. The monoisotopic (exact) mass is 359 g/mol. The van der Waals surface area contributed by atoms with Gasteiger partial charge in [0.1, 0.15) is 12.4 Å². The van der Waals surface area contributed by atoms with E-state index in [1.54, 1.807) is 30.5 Å². The van der Waals surface area contributed by atoms with Crippen molar-refractivity contribution in [1.82, 2.24) is 5.43 Å². The van der Waals surface area contributed by atoms with E-state index in [2.05, 4.69) is 41.7 Å². The van der Waals surface area contributed by atoms with Gasteiger partial charge in [-0.2, -0.15) is 5.10 Å². The van der Waals surface area contributed by atoms with Gasteiger partial charge in [-0.3, -0.25) is 4.79 Å². The fourth-order valence-corrected chi connectivity index (χ4v) is 2.37. The Balaban J connectivity index is 1.50. The number of anilines is 1. The number of hydrogen-bond acceptors (Lipinski definition) is 4. The fourth-order valence-electron chi connectivity index (χ4n) is 2.37. The van der Waals surface area contributed by atoms with Crippen LogP contribution < -0.4 is 15.9 Å². The van der Waals surface area contributed by atoms with E-state index >= 15 is 0 Å². The average molecular weight is 359 g/mol. The number of amides is 1. The van der Waals surface area contributed by atoms with Crippen molar-refractivity contribution < 1.29 is 9.53 Å². The van der Waals surface area contributed by atoms with Gasteiger partial charge in [-0.1, -0.05) is 29.8 Å². The molecule has 0 aliphatic rings. The van der Waals surface area contributed by atoms with E-state index < -0.39 is 0 Å². The number of nitrogens with zero attached hydrogens (tertiary/aromatic N) is 1. The van der Waals surface area contributed by atoms with Gasteiger partial charge >= 0.3 is 0 Å². The summed E-state index contributed by atoms with van der Waals surface area (Å²) in [5, 5.41) is 3.98. The molecule has 136 valence electrons. The number of hydrogen-bond donors (Lipinski definition) is 2. The molecule has 0 saturated carbocycles. The summed E-state index contributed by atoms with van der Waals surface area (Å²) in [6.45, 7) is 2.58. The van der Waals surface area contributed by atoms with Crippen LogP contribution in [0.1, 0.15) is 27.0 Å². The van der Waals surface area contributed by atoms with Gasteiger partial charge in [-0.15, -0.1) is 0 Å². The number of rotatable bonds is 6. The molecule has 27 heavy (non-hydrogen) atoms. The van der Waals surface area contributed by atoms with Crippen molar-refractivity contribution in [3.05, 3.63) is 95.1 Å². The number of ether oxygens (including phenoxy) is 1. The highest BCUT2D eigenvalue weighted by atomic mass is 16.5. The first-order valence-corrected chi connectivity index (χ1v) is 8.57. The zero-order chi connectivity index (χ0) is 19.1. The third-order valence-corrected chi connectivity index (χ3v) is 3.96.